The third kappa shape index (κ3) is 3.90. The monoisotopic (exact) mass is 419 g/mol. The van der Waals surface area contributed by atoms with E-state index in [0.29, 0.717) is 22.2 Å². The number of nitrogens with zero attached hydrogens (tertiary/aromatic N) is 2. The number of fused-ring (bicyclic) bond motifs is 1. The summed E-state index contributed by atoms with van der Waals surface area (Å²) in [6, 6.07) is 5.08. The van der Waals surface area contributed by atoms with Crippen LogP contribution in [-0.2, 0) is 9.53 Å². The zero-order valence-corrected chi connectivity index (χ0v) is 18.2. The first kappa shape index (κ1) is 20.6. The molecule has 3 fully saturated rings. The highest BCUT2D eigenvalue weighted by Crippen LogP contribution is 2.63. The van der Waals surface area contributed by atoms with Crippen molar-refractivity contribution in [2.45, 2.75) is 27.2 Å². The fourth-order valence-corrected chi connectivity index (χ4v) is 6.04. The van der Waals surface area contributed by atoms with Crippen molar-refractivity contribution in [3.8, 4) is 0 Å². The van der Waals surface area contributed by atoms with Crippen LogP contribution in [0.4, 0.5) is 5.69 Å². The summed E-state index contributed by atoms with van der Waals surface area (Å²) in [5, 5.41) is 3.16. The Morgan fingerprint density at radius 3 is 2.66 bits per heavy atom. The van der Waals surface area contributed by atoms with Crippen molar-refractivity contribution in [3.63, 3.8) is 0 Å². The largest absolute Gasteiger partial charge is 0.379 e. The molecule has 2 saturated heterocycles. The van der Waals surface area contributed by atoms with Gasteiger partial charge in [0.25, 0.3) is 5.91 Å². The van der Waals surface area contributed by atoms with E-state index >= 15 is 0 Å². The molecule has 0 unspecified atom stereocenters. The average Bonchev–Trinajstić information content (AvgIpc) is 2.97. The molecule has 2 amide bonds. The van der Waals surface area contributed by atoms with Gasteiger partial charge in [-0.15, -0.1) is 0 Å². The normalized spacial score (nSPS) is 28.6. The molecular weight excluding hydrogens is 390 g/mol. The molecule has 0 spiro atoms. The standard InChI is InChI=1S/C22H30ClN3O3/c1-15(27)24-16-4-5-18(23)17(10-16)20(28)26-11-19-21(2,3)12-22(19,14-26)13-25-6-8-29-9-7-25/h4-5,10,19H,6-9,11-14H2,1-3H3,(H,24,27)/t19-,22+/m1/s1. The second kappa shape index (κ2) is 7.56. The van der Waals surface area contributed by atoms with Crippen LogP contribution < -0.4 is 5.32 Å². The Kier molecular flexibility index (Phi) is 5.38. The van der Waals surface area contributed by atoms with E-state index in [9.17, 15) is 9.59 Å². The van der Waals surface area contributed by atoms with Crippen molar-refractivity contribution >= 4 is 29.1 Å². The molecule has 2 atom stereocenters. The maximum atomic E-state index is 13.4. The van der Waals surface area contributed by atoms with Crippen LogP contribution in [0.2, 0.25) is 5.02 Å². The molecule has 1 aromatic rings. The zero-order chi connectivity index (χ0) is 20.8. The highest BCUT2D eigenvalue weighted by Gasteiger charge is 2.63. The molecule has 1 aromatic carbocycles. The number of nitrogens with one attached hydrogen (secondary N) is 1. The molecule has 2 aliphatic heterocycles. The molecule has 0 bridgehead atoms. The number of halogens is 1. The van der Waals surface area contributed by atoms with E-state index in [1.165, 1.54) is 6.92 Å². The summed E-state index contributed by atoms with van der Waals surface area (Å²) in [6.07, 6.45) is 1.13. The fraction of sp³-hybridized carbons (Fsp3) is 0.636. The van der Waals surface area contributed by atoms with Crippen molar-refractivity contribution in [1.29, 1.82) is 0 Å². The minimum absolute atomic E-state index is 0.0474. The van der Waals surface area contributed by atoms with Crippen LogP contribution >= 0.6 is 11.6 Å². The molecule has 7 heteroatoms. The second-order valence-corrected chi connectivity index (χ2v) is 9.94. The summed E-state index contributed by atoms with van der Waals surface area (Å²) in [4.78, 5) is 29.2. The van der Waals surface area contributed by atoms with Crippen LogP contribution in [-0.4, -0.2) is 67.6 Å². The van der Waals surface area contributed by atoms with Gasteiger partial charge in [-0.25, -0.2) is 0 Å². The summed E-state index contributed by atoms with van der Waals surface area (Å²) in [6.45, 7) is 12.1. The Morgan fingerprint density at radius 2 is 2.00 bits per heavy atom. The Bertz CT molecular complexity index is 822. The van der Waals surface area contributed by atoms with Crippen LogP contribution in [0.1, 0.15) is 37.6 Å². The molecule has 3 aliphatic rings. The van der Waals surface area contributed by atoms with Crippen LogP contribution in [0.15, 0.2) is 18.2 Å². The molecule has 1 N–H and O–H groups in total. The molecule has 158 valence electrons. The lowest BCUT2D eigenvalue weighted by molar-refractivity contribution is -0.114. The highest BCUT2D eigenvalue weighted by molar-refractivity contribution is 6.34. The first-order chi connectivity index (χ1) is 13.7. The number of hydrogen-bond donors (Lipinski definition) is 1. The smallest absolute Gasteiger partial charge is 0.255 e. The molecule has 0 radical (unpaired) electrons. The Morgan fingerprint density at radius 1 is 1.28 bits per heavy atom. The van der Waals surface area contributed by atoms with Gasteiger partial charge in [-0.1, -0.05) is 25.4 Å². The van der Waals surface area contributed by atoms with E-state index < -0.39 is 0 Å². The van der Waals surface area contributed by atoms with E-state index in [1.54, 1.807) is 18.2 Å². The summed E-state index contributed by atoms with van der Waals surface area (Å²) in [7, 11) is 0. The quantitative estimate of drug-likeness (QED) is 0.814. The molecule has 6 nitrogen and oxygen atoms in total. The first-order valence-electron chi connectivity index (χ1n) is 10.4. The van der Waals surface area contributed by atoms with Gasteiger partial charge in [0.15, 0.2) is 0 Å². The van der Waals surface area contributed by atoms with E-state index in [2.05, 4.69) is 24.1 Å². The third-order valence-electron chi connectivity index (χ3n) is 6.85. The van der Waals surface area contributed by atoms with Gasteiger partial charge >= 0.3 is 0 Å². The molecule has 29 heavy (non-hydrogen) atoms. The van der Waals surface area contributed by atoms with Gasteiger partial charge in [-0.2, -0.15) is 0 Å². The number of hydrogen-bond acceptors (Lipinski definition) is 4. The summed E-state index contributed by atoms with van der Waals surface area (Å²) in [5.41, 5.74) is 1.44. The van der Waals surface area contributed by atoms with Crippen LogP contribution in [0, 0.1) is 16.7 Å². The Labute approximate surface area is 177 Å². The van der Waals surface area contributed by atoms with E-state index in [4.69, 9.17) is 16.3 Å². The molecule has 1 saturated carbocycles. The number of carbonyl (C=O) groups is 2. The van der Waals surface area contributed by atoms with Crippen molar-refractivity contribution in [1.82, 2.24) is 9.80 Å². The Hall–Kier alpha value is -1.63. The lowest BCUT2D eigenvalue weighted by Crippen LogP contribution is -2.59. The average molecular weight is 420 g/mol. The van der Waals surface area contributed by atoms with Gasteiger partial charge in [0.2, 0.25) is 5.91 Å². The van der Waals surface area contributed by atoms with Gasteiger partial charge in [-0.05, 0) is 36.0 Å². The van der Waals surface area contributed by atoms with Crippen LogP contribution in [0.3, 0.4) is 0 Å². The van der Waals surface area contributed by atoms with Crippen molar-refractivity contribution in [2.75, 3.05) is 51.3 Å². The third-order valence-corrected chi connectivity index (χ3v) is 7.18. The lowest BCUT2D eigenvalue weighted by Gasteiger charge is -2.58. The molecule has 4 rings (SSSR count). The van der Waals surface area contributed by atoms with Gasteiger partial charge in [0, 0.05) is 50.7 Å². The summed E-state index contributed by atoms with van der Waals surface area (Å²) < 4.78 is 5.50. The summed E-state index contributed by atoms with van der Waals surface area (Å²) >= 11 is 6.36. The molecule has 1 aliphatic carbocycles. The van der Waals surface area contributed by atoms with Gasteiger partial charge < -0.3 is 15.0 Å². The number of amides is 2. The van der Waals surface area contributed by atoms with Gasteiger partial charge in [0.05, 0.1) is 23.8 Å². The van der Waals surface area contributed by atoms with E-state index in [-0.39, 0.29) is 22.6 Å². The number of carbonyl (C=O) groups excluding carboxylic acids is 2. The maximum absolute atomic E-state index is 13.4. The van der Waals surface area contributed by atoms with Crippen LogP contribution in [0.5, 0.6) is 0 Å². The van der Waals surface area contributed by atoms with E-state index in [1.807, 2.05) is 4.90 Å². The minimum atomic E-state index is -0.170. The maximum Gasteiger partial charge on any atom is 0.255 e. The van der Waals surface area contributed by atoms with Crippen molar-refractivity contribution in [2.24, 2.45) is 16.7 Å². The van der Waals surface area contributed by atoms with Crippen molar-refractivity contribution < 1.29 is 14.3 Å². The van der Waals surface area contributed by atoms with Gasteiger partial charge in [0.1, 0.15) is 0 Å². The first-order valence-corrected chi connectivity index (χ1v) is 10.7. The van der Waals surface area contributed by atoms with Gasteiger partial charge in [-0.3, -0.25) is 14.5 Å². The second-order valence-electron chi connectivity index (χ2n) is 9.53. The molecular formula is C22H30ClN3O3. The number of ether oxygens (including phenoxy) is 1. The number of benzene rings is 1. The number of rotatable bonds is 4. The minimum Gasteiger partial charge on any atom is -0.379 e. The van der Waals surface area contributed by atoms with E-state index in [0.717, 1.165) is 52.4 Å². The van der Waals surface area contributed by atoms with Crippen molar-refractivity contribution in [3.05, 3.63) is 28.8 Å². The molecule has 2 heterocycles. The predicted molar refractivity (Wildman–Crippen MR) is 113 cm³/mol. The Balaban J connectivity index is 1.54. The van der Waals surface area contributed by atoms with Crippen LogP contribution in [0.25, 0.3) is 0 Å². The number of likely N-dealkylation sites (tertiary alicyclic amines) is 1. The SMILES string of the molecule is CC(=O)Nc1ccc(Cl)c(C(=O)N2C[C@@H]3C(C)(C)C[C@]3(CN3CCOCC3)C2)c1. The topological polar surface area (TPSA) is 61.9 Å². The predicted octanol–water partition coefficient (Wildman–Crippen LogP) is 3.12. The zero-order valence-electron chi connectivity index (χ0n) is 17.5. The number of morpholine rings is 1. The fourth-order valence-electron chi connectivity index (χ4n) is 5.84. The highest BCUT2D eigenvalue weighted by atomic mass is 35.5. The molecule has 0 aromatic heterocycles. The summed E-state index contributed by atoms with van der Waals surface area (Å²) in [5.74, 6) is 0.268. The lowest BCUT2D eigenvalue weighted by atomic mass is 9.48. The number of anilines is 1.